The molecule has 1 heterocycles. The van der Waals surface area contributed by atoms with Crippen LogP contribution >= 0.6 is 0 Å². The number of nitrogens with two attached hydrogens (primary N) is 4. The number of phenolic OH excluding ortho intramolecular Hbond substituents is 1. The SMILES string of the molecule is CC(C)C[C@H](NC(=O)[C@H](Cc1cnc[nH]1)NC(=O)[C@@H](NC(=O)[C@H](CC(N)=O)NC(=O)[C@@H](N)Cc1ccc(O)cc1)[C@@H](C)O)C(=O)N[C@H](C(=O)N[C@@H](CCCN=C(N)N)C(=O)O)[C@@H](C)O. The fourth-order valence-electron chi connectivity index (χ4n) is 6.07. The van der Waals surface area contributed by atoms with Crippen molar-refractivity contribution in [1.29, 1.82) is 0 Å². The van der Waals surface area contributed by atoms with Crippen molar-refractivity contribution in [2.24, 2.45) is 33.8 Å². The van der Waals surface area contributed by atoms with Gasteiger partial charge in [-0.05, 0) is 63.1 Å². The quantitative estimate of drug-likeness (QED) is 0.0227. The zero-order valence-corrected chi connectivity index (χ0v) is 35.9. The molecular formula is C39H61N13O12. The summed E-state index contributed by atoms with van der Waals surface area (Å²) in [6, 6.07) is -4.93. The van der Waals surface area contributed by atoms with E-state index in [-0.39, 0.29) is 56.3 Å². The number of aliphatic imine (C=N–C) groups is 1. The first-order valence-electron chi connectivity index (χ1n) is 20.2. The van der Waals surface area contributed by atoms with Crippen molar-refractivity contribution in [2.75, 3.05) is 6.54 Å². The molecule has 64 heavy (non-hydrogen) atoms. The molecule has 9 atom stereocenters. The summed E-state index contributed by atoms with van der Waals surface area (Å²) in [5.74, 6) is -8.95. The molecule has 25 heteroatoms. The van der Waals surface area contributed by atoms with Crippen LogP contribution in [0.4, 0.5) is 0 Å². The van der Waals surface area contributed by atoms with Crippen LogP contribution in [0.5, 0.6) is 5.75 Å². The molecule has 0 aliphatic carbocycles. The number of carbonyl (C=O) groups excluding carboxylic acids is 7. The zero-order valence-electron chi connectivity index (χ0n) is 35.9. The lowest BCUT2D eigenvalue weighted by Crippen LogP contribution is -2.62. The van der Waals surface area contributed by atoms with Gasteiger partial charge in [0, 0.05) is 24.9 Å². The van der Waals surface area contributed by atoms with Crippen LogP contribution in [-0.2, 0) is 51.2 Å². The summed E-state index contributed by atoms with van der Waals surface area (Å²) < 4.78 is 0. The van der Waals surface area contributed by atoms with E-state index in [1.54, 1.807) is 13.8 Å². The van der Waals surface area contributed by atoms with Gasteiger partial charge >= 0.3 is 5.97 Å². The van der Waals surface area contributed by atoms with Gasteiger partial charge in [-0.1, -0.05) is 26.0 Å². The molecule has 7 amide bonds. The monoisotopic (exact) mass is 903 g/mol. The summed E-state index contributed by atoms with van der Waals surface area (Å²) in [7, 11) is 0. The van der Waals surface area contributed by atoms with E-state index >= 15 is 0 Å². The van der Waals surface area contributed by atoms with Gasteiger partial charge < -0.3 is 80.2 Å². The number of imidazole rings is 1. The van der Waals surface area contributed by atoms with Gasteiger partial charge in [0.25, 0.3) is 0 Å². The van der Waals surface area contributed by atoms with Gasteiger partial charge in [-0.25, -0.2) is 9.78 Å². The number of nitrogens with one attached hydrogen (secondary N) is 7. The average Bonchev–Trinajstić information content (AvgIpc) is 3.72. The first-order chi connectivity index (χ1) is 30.0. The number of H-pyrrole nitrogens is 1. The predicted molar refractivity (Wildman–Crippen MR) is 228 cm³/mol. The zero-order chi connectivity index (χ0) is 48.3. The van der Waals surface area contributed by atoms with Crippen molar-refractivity contribution >= 4 is 53.3 Å². The first kappa shape index (κ1) is 53.3. The Morgan fingerprint density at radius 2 is 1.22 bits per heavy atom. The van der Waals surface area contributed by atoms with Gasteiger partial charge in [0.15, 0.2) is 5.96 Å². The maximum Gasteiger partial charge on any atom is 0.326 e. The molecule has 0 aliphatic rings. The highest BCUT2D eigenvalue weighted by molar-refractivity contribution is 5.98. The summed E-state index contributed by atoms with van der Waals surface area (Å²) in [6.07, 6.45) is -1.54. The standard InChI is InChI=1S/C39H61N13O12/c1-18(2)12-26(34(59)51-30(19(3)53)36(61)47-25(38(63)64)6-5-11-45-39(42)43)49-33(58)27(14-22-16-44-17-46-22)50-37(62)31(20(4)54)52-35(60)28(15-29(41)56)48-32(57)24(40)13-21-7-9-23(55)10-8-21/h7-10,16-20,24-28,30-31,53-55H,5-6,11-15,40H2,1-4H3,(H2,41,56)(H,44,46)(H,47,61)(H,48,57)(H,49,58)(H,50,62)(H,51,59)(H,52,60)(H,63,64)(H4,42,43,45)/t19-,20-,24+,25+,26+,27+,28+,30+,31+/m1/s1. The molecule has 1 aromatic heterocycles. The second kappa shape index (κ2) is 25.9. The highest BCUT2D eigenvalue weighted by Crippen LogP contribution is 2.12. The Hall–Kier alpha value is -6.86. The van der Waals surface area contributed by atoms with Crippen LogP contribution in [0.25, 0.3) is 0 Å². The van der Waals surface area contributed by atoms with Crippen molar-refractivity contribution < 1.29 is 58.8 Å². The lowest BCUT2D eigenvalue weighted by Gasteiger charge is -2.29. The van der Waals surface area contributed by atoms with E-state index < -0.39 is 108 Å². The van der Waals surface area contributed by atoms with E-state index in [9.17, 15) is 58.8 Å². The summed E-state index contributed by atoms with van der Waals surface area (Å²) in [5, 5.41) is 54.5. The number of aliphatic hydroxyl groups is 2. The molecule has 2 rings (SSSR count). The molecule has 0 radical (unpaired) electrons. The Morgan fingerprint density at radius 3 is 1.70 bits per heavy atom. The number of phenols is 1. The molecule has 0 bridgehead atoms. The molecule has 0 saturated carbocycles. The number of rotatable bonds is 27. The first-order valence-corrected chi connectivity index (χ1v) is 20.2. The van der Waals surface area contributed by atoms with E-state index in [0.717, 1.165) is 6.92 Å². The fourth-order valence-corrected chi connectivity index (χ4v) is 6.07. The van der Waals surface area contributed by atoms with Crippen molar-refractivity contribution in [2.45, 2.75) is 121 Å². The minimum absolute atomic E-state index is 0.0158. The third kappa shape index (κ3) is 18.6. The number of carboxylic acid groups (broad SMARTS) is 1. The molecule has 19 N–H and O–H groups in total. The third-order valence-corrected chi connectivity index (χ3v) is 9.40. The van der Waals surface area contributed by atoms with E-state index in [1.165, 1.54) is 43.7 Å². The Labute approximate surface area is 368 Å². The maximum atomic E-state index is 14.0. The van der Waals surface area contributed by atoms with Crippen molar-refractivity contribution in [1.82, 2.24) is 41.9 Å². The number of aliphatic carboxylic acids is 1. The lowest BCUT2D eigenvalue weighted by atomic mass is 10.0. The summed E-state index contributed by atoms with van der Waals surface area (Å²) >= 11 is 0. The second-order valence-electron chi connectivity index (χ2n) is 15.5. The predicted octanol–water partition coefficient (Wildman–Crippen LogP) is -5.04. The number of aliphatic hydroxyl groups excluding tert-OH is 2. The third-order valence-electron chi connectivity index (χ3n) is 9.40. The molecule has 0 unspecified atom stereocenters. The van der Waals surface area contributed by atoms with Gasteiger partial charge in [-0.2, -0.15) is 0 Å². The Bertz CT molecular complexity index is 1920. The van der Waals surface area contributed by atoms with Gasteiger partial charge in [-0.15, -0.1) is 0 Å². The number of amides is 7. The number of primary amides is 1. The maximum absolute atomic E-state index is 14.0. The van der Waals surface area contributed by atoms with E-state index in [0.29, 0.717) is 11.3 Å². The lowest BCUT2D eigenvalue weighted by molar-refractivity contribution is -0.143. The molecule has 25 nitrogen and oxygen atoms in total. The van der Waals surface area contributed by atoms with E-state index in [1.807, 2.05) is 0 Å². The van der Waals surface area contributed by atoms with Crippen LogP contribution < -0.4 is 54.8 Å². The number of aromatic nitrogens is 2. The summed E-state index contributed by atoms with van der Waals surface area (Å²) in [5.41, 5.74) is 22.8. The van der Waals surface area contributed by atoms with Gasteiger partial charge in [0.1, 0.15) is 42.0 Å². The molecule has 0 aliphatic heterocycles. The largest absolute Gasteiger partial charge is 0.508 e. The minimum Gasteiger partial charge on any atom is -0.508 e. The number of guanidine groups is 1. The normalized spacial score (nSPS) is 15.3. The van der Waals surface area contributed by atoms with Crippen LogP contribution in [0.15, 0.2) is 41.8 Å². The highest BCUT2D eigenvalue weighted by atomic mass is 16.4. The molecule has 0 fully saturated rings. The van der Waals surface area contributed by atoms with Crippen LogP contribution in [-0.4, -0.2) is 145 Å². The van der Waals surface area contributed by atoms with Gasteiger partial charge in [-0.3, -0.25) is 38.6 Å². The number of carbonyl (C=O) groups is 8. The average molecular weight is 904 g/mol. The fraction of sp³-hybridized carbons (Fsp3) is 0.538. The Balaban J connectivity index is 2.30. The number of hydrogen-bond donors (Lipinski definition) is 15. The number of aromatic amines is 1. The van der Waals surface area contributed by atoms with E-state index in [4.69, 9.17) is 22.9 Å². The summed E-state index contributed by atoms with van der Waals surface area (Å²) in [4.78, 5) is 116. The number of benzene rings is 1. The van der Waals surface area contributed by atoms with Crippen molar-refractivity contribution in [3.05, 3.63) is 48.0 Å². The number of aromatic hydroxyl groups is 1. The number of hydrogen-bond acceptors (Lipinski definition) is 14. The van der Waals surface area contributed by atoms with Gasteiger partial charge in [0.2, 0.25) is 41.4 Å². The van der Waals surface area contributed by atoms with Crippen LogP contribution in [0.2, 0.25) is 0 Å². The number of carboxylic acids is 1. The van der Waals surface area contributed by atoms with Crippen LogP contribution in [0.3, 0.4) is 0 Å². The Morgan fingerprint density at radius 1 is 0.703 bits per heavy atom. The van der Waals surface area contributed by atoms with E-state index in [2.05, 4.69) is 46.9 Å². The highest BCUT2D eigenvalue weighted by Gasteiger charge is 2.36. The topological polar surface area (TPSA) is 435 Å². The number of nitrogens with zero attached hydrogens (tertiary/aromatic N) is 2. The second-order valence-corrected chi connectivity index (χ2v) is 15.5. The van der Waals surface area contributed by atoms with Crippen LogP contribution in [0.1, 0.15) is 64.6 Å². The van der Waals surface area contributed by atoms with Crippen LogP contribution in [0, 0.1) is 5.92 Å². The molecule has 0 saturated heterocycles. The summed E-state index contributed by atoms with van der Waals surface area (Å²) in [6.45, 7) is 5.85. The smallest absolute Gasteiger partial charge is 0.326 e. The molecular weight excluding hydrogens is 843 g/mol. The molecule has 0 spiro atoms. The Kier molecular flexibility index (Phi) is 21.6. The minimum atomic E-state index is -1.80. The van der Waals surface area contributed by atoms with Crippen molar-refractivity contribution in [3.8, 4) is 5.75 Å². The van der Waals surface area contributed by atoms with Crippen molar-refractivity contribution in [3.63, 3.8) is 0 Å². The molecule has 2 aromatic rings. The molecule has 1 aromatic carbocycles. The molecule has 354 valence electrons. The van der Waals surface area contributed by atoms with Gasteiger partial charge in [0.05, 0.1) is 31.0 Å².